The van der Waals surface area contributed by atoms with Gasteiger partial charge in [0.2, 0.25) is 0 Å². The van der Waals surface area contributed by atoms with Crippen LogP contribution in [0, 0.1) is 19.7 Å². The molecule has 0 aliphatic carbocycles. The number of ketones is 1. The van der Waals surface area contributed by atoms with Crippen molar-refractivity contribution < 1.29 is 9.18 Å². The van der Waals surface area contributed by atoms with Crippen molar-refractivity contribution >= 4 is 17.4 Å². The summed E-state index contributed by atoms with van der Waals surface area (Å²) < 4.78 is 13.3. The molecule has 0 aromatic heterocycles. The molecule has 0 aliphatic rings. The van der Waals surface area contributed by atoms with Crippen LogP contribution in [0.4, 0.5) is 4.39 Å². The van der Waals surface area contributed by atoms with E-state index in [0.29, 0.717) is 0 Å². The average Bonchev–Trinajstić information content (AvgIpc) is 2.37. The summed E-state index contributed by atoms with van der Waals surface area (Å²) in [6.07, 6.45) is 0.233. The van der Waals surface area contributed by atoms with E-state index in [1.54, 1.807) is 6.07 Å². The van der Waals surface area contributed by atoms with Gasteiger partial charge in [0, 0.05) is 12.0 Å². The van der Waals surface area contributed by atoms with Gasteiger partial charge in [-0.05, 0) is 37.1 Å². The molecule has 0 aliphatic heterocycles. The van der Waals surface area contributed by atoms with Gasteiger partial charge in [0.25, 0.3) is 0 Å². The van der Waals surface area contributed by atoms with Gasteiger partial charge in [0.1, 0.15) is 5.82 Å². The molecule has 0 N–H and O–H groups in total. The second kappa shape index (κ2) is 5.54. The molecule has 0 amide bonds. The highest BCUT2D eigenvalue weighted by Crippen LogP contribution is 2.22. The van der Waals surface area contributed by atoms with Crippen molar-refractivity contribution in [3.63, 3.8) is 0 Å². The Kier molecular flexibility index (Phi) is 4.01. The third-order valence-corrected chi connectivity index (χ3v) is 3.49. The van der Waals surface area contributed by atoms with Crippen LogP contribution in [0.25, 0.3) is 0 Å². The van der Waals surface area contributed by atoms with Crippen LogP contribution in [0.5, 0.6) is 0 Å². The Labute approximate surface area is 117 Å². The second-order valence-corrected chi connectivity index (χ2v) is 5.01. The molecular formula is C16H14ClFO. The van der Waals surface area contributed by atoms with Crippen molar-refractivity contribution in [2.24, 2.45) is 0 Å². The molecule has 2 aromatic carbocycles. The Bertz CT molecular complexity index is 635. The number of hydrogen-bond donors (Lipinski definition) is 0. The van der Waals surface area contributed by atoms with Crippen molar-refractivity contribution in [2.45, 2.75) is 20.3 Å². The summed E-state index contributed by atoms with van der Waals surface area (Å²) in [6, 6.07) is 10.2. The zero-order valence-corrected chi connectivity index (χ0v) is 11.6. The quantitative estimate of drug-likeness (QED) is 0.753. The molecule has 0 radical (unpaired) electrons. The van der Waals surface area contributed by atoms with Gasteiger partial charge < -0.3 is 0 Å². The summed E-state index contributed by atoms with van der Waals surface area (Å²) in [5.74, 6) is -0.730. The normalized spacial score (nSPS) is 10.5. The van der Waals surface area contributed by atoms with Crippen molar-refractivity contribution in [3.8, 4) is 0 Å². The lowest BCUT2D eigenvalue weighted by Gasteiger charge is -2.08. The first-order chi connectivity index (χ1) is 8.99. The van der Waals surface area contributed by atoms with Crippen molar-refractivity contribution in [1.82, 2.24) is 0 Å². The highest BCUT2D eigenvalue weighted by atomic mass is 35.5. The topological polar surface area (TPSA) is 17.1 Å². The summed E-state index contributed by atoms with van der Waals surface area (Å²) in [6.45, 7) is 3.93. The third kappa shape index (κ3) is 3.02. The highest BCUT2D eigenvalue weighted by molar-refractivity contribution is 6.34. The van der Waals surface area contributed by atoms with Crippen molar-refractivity contribution in [1.29, 1.82) is 0 Å². The largest absolute Gasteiger partial charge is 0.294 e. The molecule has 0 heterocycles. The smallest absolute Gasteiger partial charge is 0.168 e. The van der Waals surface area contributed by atoms with E-state index in [-0.39, 0.29) is 22.8 Å². The number of aryl methyl sites for hydroxylation is 2. The lowest BCUT2D eigenvalue weighted by molar-refractivity contribution is 0.0992. The number of rotatable bonds is 3. The summed E-state index contributed by atoms with van der Waals surface area (Å²) in [7, 11) is 0. The van der Waals surface area contributed by atoms with Crippen LogP contribution in [0.2, 0.25) is 5.02 Å². The van der Waals surface area contributed by atoms with E-state index in [9.17, 15) is 9.18 Å². The van der Waals surface area contributed by atoms with Crippen LogP contribution in [0.3, 0.4) is 0 Å². The molecule has 0 atom stereocenters. The van der Waals surface area contributed by atoms with Crippen LogP contribution < -0.4 is 0 Å². The molecule has 0 fully saturated rings. The highest BCUT2D eigenvalue weighted by Gasteiger charge is 2.14. The van der Waals surface area contributed by atoms with E-state index < -0.39 is 5.82 Å². The average molecular weight is 277 g/mol. The maximum atomic E-state index is 13.3. The number of benzene rings is 2. The number of carbonyl (C=O) groups is 1. The number of hydrogen-bond acceptors (Lipinski definition) is 1. The predicted molar refractivity (Wildman–Crippen MR) is 75.4 cm³/mol. The zero-order chi connectivity index (χ0) is 14.0. The molecule has 0 bridgehead atoms. The summed E-state index contributed by atoms with van der Waals surface area (Å²) in [4.78, 5) is 12.2. The summed E-state index contributed by atoms with van der Waals surface area (Å²) in [5.41, 5.74) is 3.33. The molecule has 19 heavy (non-hydrogen) atoms. The molecule has 0 unspecified atom stereocenters. The van der Waals surface area contributed by atoms with Crippen molar-refractivity contribution in [2.75, 3.05) is 0 Å². The lowest BCUT2D eigenvalue weighted by atomic mass is 9.98. The van der Waals surface area contributed by atoms with Gasteiger partial charge in [0.05, 0.1) is 5.02 Å². The Hall–Kier alpha value is -1.67. The first-order valence-corrected chi connectivity index (χ1v) is 6.40. The fraction of sp³-hybridized carbons (Fsp3) is 0.188. The molecule has 3 heteroatoms. The molecule has 1 nitrogen and oxygen atoms in total. The summed E-state index contributed by atoms with van der Waals surface area (Å²) in [5, 5.41) is -0.0993. The first-order valence-electron chi connectivity index (χ1n) is 6.02. The van der Waals surface area contributed by atoms with Gasteiger partial charge in [-0.3, -0.25) is 4.79 Å². The van der Waals surface area contributed by atoms with Crippen LogP contribution in [0.15, 0.2) is 36.4 Å². The second-order valence-electron chi connectivity index (χ2n) is 4.63. The van der Waals surface area contributed by atoms with Gasteiger partial charge in [-0.1, -0.05) is 41.4 Å². The van der Waals surface area contributed by atoms with E-state index in [0.717, 1.165) is 16.7 Å². The Morgan fingerprint density at radius 2 is 1.95 bits per heavy atom. The van der Waals surface area contributed by atoms with Gasteiger partial charge in [-0.15, -0.1) is 0 Å². The fourth-order valence-corrected chi connectivity index (χ4v) is 2.21. The maximum Gasteiger partial charge on any atom is 0.168 e. The minimum absolute atomic E-state index is 0.0993. The van der Waals surface area contributed by atoms with E-state index in [2.05, 4.69) is 0 Å². The molecule has 0 saturated heterocycles. The van der Waals surface area contributed by atoms with Crippen molar-refractivity contribution in [3.05, 3.63) is 69.5 Å². The molecule has 98 valence electrons. The van der Waals surface area contributed by atoms with Crippen LogP contribution >= 0.6 is 11.6 Å². The summed E-state index contributed by atoms with van der Waals surface area (Å²) >= 11 is 5.83. The predicted octanol–water partition coefficient (Wildman–Crippen LogP) is 4.52. The monoisotopic (exact) mass is 276 g/mol. The molecule has 2 rings (SSSR count). The Morgan fingerprint density at radius 3 is 2.68 bits per heavy atom. The van der Waals surface area contributed by atoms with Crippen LogP contribution in [0.1, 0.15) is 27.0 Å². The Morgan fingerprint density at radius 1 is 1.21 bits per heavy atom. The lowest BCUT2D eigenvalue weighted by Crippen LogP contribution is -2.06. The molecular weight excluding hydrogens is 263 g/mol. The first kappa shape index (κ1) is 13.8. The number of carbonyl (C=O) groups excluding carboxylic acids is 1. The van der Waals surface area contributed by atoms with E-state index in [4.69, 9.17) is 11.6 Å². The fourth-order valence-electron chi connectivity index (χ4n) is 1.98. The number of Topliss-reactive ketones (excluding diaryl/α,β-unsaturated/α-hetero) is 1. The van der Waals surface area contributed by atoms with E-state index in [1.807, 2.05) is 32.0 Å². The van der Waals surface area contributed by atoms with Crippen LogP contribution in [-0.4, -0.2) is 5.78 Å². The van der Waals surface area contributed by atoms with Gasteiger partial charge in [0.15, 0.2) is 5.78 Å². The van der Waals surface area contributed by atoms with Gasteiger partial charge >= 0.3 is 0 Å². The third-order valence-electron chi connectivity index (χ3n) is 3.11. The van der Waals surface area contributed by atoms with Gasteiger partial charge in [-0.25, -0.2) is 4.39 Å². The SMILES string of the molecule is Cc1ccc(C)c(CC(=O)c2cccc(F)c2Cl)c1. The van der Waals surface area contributed by atoms with Crippen LogP contribution in [-0.2, 0) is 6.42 Å². The Balaban J connectivity index is 2.31. The minimum atomic E-state index is -0.562. The standard InChI is InChI=1S/C16H14ClFO/c1-10-6-7-11(2)12(8-10)9-15(19)13-4-3-5-14(18)16(13)17/h3-8H,9H2,1-2H3. The molecule has 0 saturated carbocycles. The maximum absolute atomic E-state index is 13.3. The van der Waals surface area contributed by atoms with E-state index >= 15 is 0 Å². The number of halogens is 2. The zero-order valence-electron chi connectivity index (χ0n) is 10.8. The van der Waals surface area contributed by atoms with E-state index in [1.165, 1.54) is 12.1 Å². The molecule has 2 aromatic rings. The van der Waals surface area contributed by atoms with Gasteiger partial charge in [-0.2, -0.15) is 0 Å². The minimum Gasteiger partial charge on any atom is -0.294 e. The molecule has 0 spiro atoms.